The Hall–Kier alpha value is -4.09. The Balaban J connectivity index is 2.10. The molecule has 5 rings (SSSR count). The summed E-state index contributed by atoms with van der Waals surface area (Å²) in [5.74, 6) is -6.63. The number of hydrogen-bond donors (Lipinski definition) is 2. The highest BCUT2D eigenvalue weighted by Gasteiger charge is 2.40. The summed E-state index contributed by atoms with van der Waals surface area (Å²) in [4.78, 5) is 12.1. The lowest BCUT2D eigenvalue weighted by atomic mass is 9.89. The summed E-state index contributed by atoms with van der Waals surface area (Å²) in [7, 11) is -3.70. The molecule has 1 heterocycles. The molecule has 1 atom stereocenters. The molecular weight excluding hydrogens is 488 g/mol. The number of halogens is 3. The Morgan fingerprint density at radius 2 is 1.58 bits per heavy atom. The summed E-state index contributed by atoms with van der Waals surface area (Å²) >= 11 is 0. The molecule has 0 fully saturated rings. The number of hydrogen-bond acceptors (Lipinski definition) is 3. The third-order valence-corrected chi connectivity index (χ3v) is 9.51. The van der Waals surface area contributed by atoms with Crippen LogP contribution in [0.4, 0.5) is 13.2 Å². The fourth-order valence-corrected chi connectivity index (χ4v) is 7.84. The fraction of sp³-hybridized carbons (Fsp3) is 0.0357. The average molecular weight is 506 g/mol. The van der Waals surface area contributed by atoms with Crippen molar-refractivity contribution in [3.63, 3.8) is 0 Å². The molecule has 0 amide bonds. The molecule has 4 aromatic rings. The van der Waals surface area contributed by atoms with Crippen LogP contribution in [0, 0.1) is 24.4 Å². The molecule has 4 nitrogen and oxygen atoms in total. The predicted molar refractivity (Wildman–Crippen MR) is 132 cm³/mol. The first-order valence-corrected chi connectivity index (χ1v) is 12.5. The van der Waals surface area contributed by atoms with E-state index in [1.165, 1.54) is 24.3 Å². The summed E-state index contributed by atoms with van der Waals surface area (Å²) in [5.41, 5.74) is -2.46. The second-order valence-electron chi connectivity index (χ2n) is 8.49. The van der Waals surface area contributed by atoms with Crippen molar-refractivity contribution in [2.75, 3.05) is 0 Å². The summed E-state index contributed by atoms with van der Waals surface area (Å²) in [6.45, 7) is 4.92. The molecule has 2 N–H and O–H groups in total. The van der Waals surface area contributed by atoms with Crippen LogP contribution in [-0.2, 0) is 4.57 Å². The van der Waals surface area contributed by atoms with Crippen LogP contribution in [0.15, 0.2) is 66.7 Å². The lowest BCUT2D eigenvalue weighted by Crippen LogP contribution is -2.43. The van der Waals surface area contributed by atoms with Gasteiger partial charge in [0.25, 0.3) is 0 Å². The largest absolute Gasteiger partial charge is 0.508 e. The zero-order chi connectivity index (χ0) is 25.9. The van der Waals surface area contributed by atoms with E-state index in [2.05, 4.69) is 6.58 Å². The van der Waals surface area contributed by atoms with Gasteiger partial charge in [-0.2, -0.15) is 0 Å². The van der Waals surface area contributed by atoms with Crippen LogP contribution >= 0.6 is 7.14 Å². The van der Waals surface area contributed by atoms with Gasteiger partial charge in [-0.1, -0.05) is 49.0 Å². The third kappa shape index (κ3) is 3.23. The van der Waals surface area contributed by atoms with Crippen LogP contribution in [0.25, 0.3) is 12.2 Å². The summed E-state index contributed by atoms with van der Waals surface area (Å²) < 4.78 is 60.0. The minimum Gasteiger partial charge on any atom is -0.508 e. The molecule has 36 heavy (non-hydrogen) atoms. The topological polar surface area (TPSA) is 74.6 Å². The van der Waals surface area contributed by atoms with Gasteiger partial charge in [0.2, 0.25) is 0 Å². The van der Waals surface area contributed by atoms with Gasteiger partial charge in [-0.15, -0.1) is 0 Å². The minimum absolute atomic E-state index is 0.0701. The molecule has 0 bridgehead atoms. The molecule has 8 heteroatoms. The van der Waals surface area contributed by atoms with Gasteiger partial charge in [0.1, 0.15) is 17.1 Å². The Morgan fingerprint density at radius 3 is 2.25 bits per heavy atom. The maximum Gasteiger partial charge on any atom is 0.339 e. The first kappa shape index (κ1) is 23.6. The number of phenols is 1. The van der Waals surface area contributed by atoms with Crippen molar-refractivity contribution in [1.82, 2.24) is 0 Å². The number of aromatic hydroxyl groups is 1. The molecule has 0 saturated heterocycles. The van der Waals surface area contributed by atoms with E-state index in [-0.39, 0.29) is 32.7 Å². The molecule has 0 radical (unpaired) electrons. The maximum absolute atomic E-state index is 15.7. The number of carboxylic acids is 1. The molecule has 0 aliphatic carbocycles. The van der Waals surface area contributed by atoms with E-state index in [1.807, 2.05) is 0 Å². The highest BCUT2D eigenvalue weighted by molar-refractivity contribution is 7.85. The molecular formula is C28H18F3O4P. The summed E-state index contributed by atoms with van der Waals surface area (Å²) in [5, 5.41) is 21.5. The Kier molecular flexibility index (Phi) is 5.42. The number of aromatic carboxylic acids is 1. The van der Waals surface area contributed by atoms with Crippen LogP contribution in [0.2, 0.25) is 0 Å². The molecule has 0 aromatic heterocycles. The van der Waals surface area contributed by atoms with Gasteiger partial charge in [0.15, 0.2) is 18.8 Å². The number of carbonyl (C=O) groups is 1. The van der Waals surface area contributed by atoms with Gasteiger partial charge in [-0.25, -0.2) is 18.0 Å². The van der Waals surface area contributed by atoms with Gasteiger partial charge in [-0.3, -0.25) is 0 Å². The van der Waals surface area contributed by atoms with Crippen molar-refractivity contribution < 1.29 is 32.7 Å². The van der Waals surface area contributed by atoms with E-state index in [0.717, 1.165) is 6.92 Å². The molecule has 0 spiro atoms. The van der Waals surface area contributed by atoms with Gasteiger partial charge in [0, 0.05) is 32.6 Å². The Labute approximate surface area is 203 Å². The highest BCUT2D eigenvalue weighted by atomic mass is 31.2. The van der Waals surface area contributed by atoms with Crippen molar-refractivity contribution in [2.45, 2.75) is 6.92 Å². The summed E-state index contributed by atoms with van der Waals surface area (Å²) in [6.07, 6.45) is 0. The fourth-order valence-electron chi connectivity index (χ4n) is 4.71. The van der Waals surface area contributed by atoms with Gasteiger partial charge in [0.05, 0.1) is 0 Å². The summed E-state index contributed by atoms with van der Waals surface area (Å²) in [6, 6.07) is 17.0. The number of benzene rings is 4. The quantitative estimate of drug-likeness (QED) is 0.291. The predicted octanol–water partition coefficient (Wildman–Crippen LogP) is 3.43. The van der Waals surface area contributed by atoms with Crippen LogP contribution in [0.5, 0.6) is 5.75 Å². The van der Waals surface area contributed by atoms with E-state index < -0.39 is 47.3 Å². The van der Waals surface area contributed by atoms with E-state index in [4.69, 9.17) is 0 Å². The molecule has 1 unspecified atom stereocenters. The zero-order valence-electron chi connectivity index (χ0n) is 18.8. The van der Waals surface area contributed by atoms with E-state index in [1.54, 1.807) is 42.5 Å². The second-order valence-corrected chi connectivity index (χ2v) is 11.2. The molecule has 1 aliphatic heterocycles. The second kappa shape index (κ2) is 8.25. The SMILES string of the molecule is C=c1ccc2c(c1)P(=O)(c1ccccc1)c1cc(O)ccc1C=2c1c(F)c(C)c(F)c(F)c1C(=O)O. The lowest BCUT2D eigenvalue weighted by molar-refractivity contribution is 0.0689. The normalized spacial score (nSPS) is 16.4. The van der Waals surface area contributed by atoms with Crippen molar-refractivity contribution in [3.8, 4) is 5.75 Å². The van der Waals surface area contributed by atoms with Crippen LogP contribution in [-0.4, -0.2) is 16.2 Å². The van der Waals surface area contributed by atoms with Crippen LogP contribution in [0.1, 0.15) is 27.0 Å². The monoisotopic (exact) mass is 506 g/mol. The van der Waals surface area contributed by atoms with Gasteiger partial charge in [-0.05, 0) is 47.2 Å². The number of fused-ring (bicyclic) bond motifs is 2. The minimum atomic E-state index is -3.70. The molecule has 4 aromatic carbocycles. The molecule has 0 saturated carbocycles. The standard InChI is InChI=1S/C28H18F3O4P/c1-14-8-10-18-20(12-14)36(35,17-6-4-3-5-7-17)21-13-16(32)9-11-19(21)22(18)23-24(28(33)34)27(31)26(30)15(2)25(23)29/h3-13,32H,1H2,2H3,(H,33,34). The maximum atomic E-state index is 15.7. The Bertz CT molecular complexity index is 1760. The molecule has 1 aliphatic rings. The van der Waals surface area contributed by atoms with Gasteiger partial charge >= 0.3 is 5.97 Å². The first-order chi connectivity index (χ1) is 17.1. The van der Waals surface area contributed by atoms with E-state index in [9.17, 15) is 28.4 Å². The van der Waals surface area contributed by atoms with E-state index in [0.29, 0.717) is 10.5 Å². The van der Waals surface area contributed by atoms with Gasteiger partial charge < -0.3 is 14.8 Å². The van der Waals surface area contributed by atoms with E-state index >= 15 is 4.39 Å². The van der Waals surface area contributed by atoms with Crippen molar-refractivity contribution in [1.29, 1.82) is 0 Å². The third-order valence-electron chi connectivity index (χ3n) is 6.38. The van der Waals surface area contributed by atoms with Crippen molar-refractivity contribution >= 4 is 41.2 Å². The van der Waals surface area contributed by atoms with Crippen molar-refractivity contribution in [2.24, 2.45) is 0 Å². The van der Waals surface area contributed by atoms with Crippen molar-refractivity contribution in [3.05, 3.63) is 117 Å². The Morgan fingerprint density at radius 1 is 0.889 bits per heavy atom. The lowest BCUT2D eigenvalue weighted by Gasteiger charge is -2.30. The van der Waals surface area contributed by atoms with Crippen LogP contribution < -0.4 is 26.4 Å². The average Bonchev–Trinajstić information content (AvgIpc) is 2.86. The number of carboxylic acid groups (broad SMARTS) is 1. The smallest absolute Gasteiger partial charge is 0.339 e. The number of rotatable bonds is 3. The highest BCUT2D eigenvalue weighted by Crippen LogP contribution is 2.47. The van der Waals surface area contributed by atoms with Crippen LogP contribution in [0.3, 0.4) is 0 Å². The number of phenolic OH excluding ortho intramolecular Hbond substituents is 1. The first-order valence-electron chi connectivity index (χ1n) is 10.8. The molecule has 180 valence electrons. The zero-order valence-corrected chi connectivity index (χ0v) is 19.7.